The molecule has 0 unspecified atom stereocenters. The van der Waals surface area contributed by atoms with E-state index in [4.69, 9.17) is 0 Å². The van der Waals surface area contributed by atoms with Crippen LogP contribution in [0.5, 0.6) is 0 Å². The monoisotopic (exact) mass is 272 g/mol. The van der Waals surface area contributed by atoms with Crippen molar-refractivity contribution in [3.05, 3.63) is 41.2 Å². The van der Waals surface area contributed by atoms with Gasteiger partial charge in [0.2, 0.25) is 0 Å². The Morgan fingerprint density at radius 1 is 1.25 bits per heavy atom. The molecule has 1 aliphatic heterocycles. The molecule has 0 radical (unpaired) electrons. The van der Waals surface area contributed by atoms with Crippen molar-refractivity contribution in [2.45, 2.75) is 20.0 Å². The van der Waals surface area contributed by atoms with Crippen LogP contribution in [-0.2, 0) is 0 Å². The zero-order valence-electron chi connectivity index (χ0n) is 11.4. The van der Waals surface area contributed by atoms with Crippen LogP contribution in [0.4, 0.5) is 0 Å². The summed E-state index contributed by atoms with van der Waals surface area (Å²) >= 11 is 0. The number of aromatic nitrogens is 3. The summed E-state index contributed by atoms with van der Waals surface area (Å²) in [6.45, 7) is 4.58. The second-order valence-corrected chi connectivity index (χ2v) is 5.13. The van der Waals surface area contributed by atoms with Crippen LogP contribution in [0, 0.1) is 13.8 Å². The summed E-state index contributed by atoms with van der Waals surface area (Å²) in [5.74, 6) is -0.175. The molecule has 6 heteroatoms. The number of aryl methyl sites for hydroxylation is 1. The van der Waals surface area contributed by atoms with Crippen molar-refractivity contribution < 1.29 is 9.90 Å². The van der Waals surface area contributed by atoms with E-state index in [0.717, 1.165) is 11.3 Å². The van der Waals surface area contributed by atoms with Crippen molar-refractivity contribution in [1.82, 2.24) is 19.9 Å². The largest absolute Gasteiger partial charge is 0.389 e. The minimum Gasteiger partial charge on any atom is -0.389 e. The molecule has 1 fully saturated rings. The summed E-state index contributed by atoms with van der Waals surface area (Å²) in [5, 5.41) is 17.3. The number of benzene rings is 1. The highest BCUT2D eigenvalue weighted by molar-refractivity contribution is 5.93. The van der Waals surface area contributed by atoms with Crippen LogP contribution in [0.2, 0.25) is 0 Å². The number of amides is 1. The molecule has 0 aliphatic carbocycles. The Balaban J connectivity index is 1.88. The van der Waals surface area contributed by atoms with Crippen LogP contribution < -0.4 is 0 Å². The number of nitrogens with zero attached hydrogens (tertiary/aromatic N) is 4. The van der Waals surface area contributed by atoms with E-state index in [9.17, 15) is 9.90 Å². The van der Waals surface area contributed by atoms with Gasteiger partial charge < -0.3 is 10.0 Å². The third-order valence-electron chi connectivity index (χ3n) is 3.53. The zero-order valence-corrected chi connectivity index (χ0v) is 11.4. The van der Waals surface area contributed by atoms with E-state index in [1.165, 1.54) is 0 Å². The van der Waals surface area contributed by atoms with Crippen LogP contribution in [0.1, 0.15) is 21.7 Å². The fraction of sp³-hybridized carbons (Fsp3) is 0.357. The smallest absolute Gasteiger partial charge is 0.276 e. The Morgan fingerprint density at radius 2 is 1.90 bits per heavy atom. The Hall–Kier alpha value is -2.21. The first-order chi connectivity index (χ1) is 9.56. The molecule has 1 aromatic carbocycles. The standard InChI is InChI=1S/C14H16N4O2/c1-9-3-5-11(6-4-9)18-10(2)13(15-16-18)14(20)17-7-12(19)8-17/h3-6,12,19H,7-8H2,1-2H3. The molecular formula is C14H16N4O2. The number of aliphatic hydroxyl groups is 1. The quantitative estimate of drug-likeness (QED) is 0.873. The summed E-state index contributed by atoms with van der Waals surface area (Å²) in [4.78, 5) is 13.8. The number of likely N-dealkylation sites (tertiary alicyclic amines) is 1. The first kappa shape index (κ1) is 12.8. The predicted octanol–water partition coefficient (Wildman–Crippen LogP) is 0.701. The number of rotatable bonds is 2. The summed E-state index contributed by atoms with van der Waals surface area (Å²) in [6, 6.07) is 7.87. The van der Waals surface area contributed by atoms with E-state index in [-0.39, 0.29) is 5.91 Å². The normalized spacial score (nSPS) is 15.2. The molecular weight excluding hydrogens is 256 g/mol. The Morgan fingerprint density at radius 3 is 2.50 bits per heavy atom. The van der Waals surface area contributed by atoms with Crippen molar-refractivity contribution in [3.8, 4) is 5.69 Å². The van der Waals surface area contributed by atoms with Crippen LogP contribution in [0.3, 0.4) is 0 Å². The fourth-order valence-corrected chi connectivity index (χ4v) is 2.23. The van der Waals surface area contributed by atoms with Crippen molar-refractivity contribution >= 4 is 5.91 Å². The van der Waals surface area contributed by atoms with Crippen molar-refractivity contribution in [1.29, 1.82) is 0 Å². The van der Waals surface area contributed by atoms with Crippen LogP contribution in [0.25, 0.3) is 5.69 Å². The van der Waals surface area contributed by atoms with E-state index < -0.39 is 6.10 Å². The molecule has 0 spiro atoms. The lowest BCUT2D eigenvalue weighted by Crippen LogP contribution is -2.53. The minimum atomic E-state index is -0.411. The summed E-state index contributed by atoms with van der Waals surface area (Å²) in [5.41, 5.74) is 3.10. The molecule has 1 aromatic heterocycles. The molecule has 2 aromatic rings. The molecule has 0 saturated carbocycles. The van der Waals surface area contributed by atoms with Crippen molar-refractivity contribution in [2.75, 3.05) is 13.1 Å². The van der Waals surface area contributed by atoms with Gasteiger partial charge in [-0.2, -0.15) is 0 Å². The van der Waals surface area contributed by atoms with Gasteiger partial charge in [-0.15, -0.1) is 5.10 Å². The molecule has 1 saturated heterocycles. The van der Waals surface area contributed by atoms with Crippen LogP contribution in [0.15, 0.2) is 24.3 Å². The molecule has 1 amide bonds. The highest BCUT2D eigenvalue weighted by Crippen LogP contribution is 2.17. The highest BCUT2D eigenvalue weighted by atomic mass is 16.3. The lowest BCUT2D eigenvalue weighted by Gasteiger charge is -2.35. The van der Waals surface area contributed by atoms with E-state index in [1.807, 2.05) is 38.1 Å². The fourth-order valence-electron chi connectivity index (χ4n) is 2.23. The Kier molecular flexibility index (Phi) is 3.02. The number of β-amino-alcohol motifs (C(OH)–C–C–N with tert-alkyl or cyclic N) is 1. The maximum Gasteiger partial charge on any atom is 0.276 e. The van der Waals surface area contributed by atoms with Gasteiger partial charge in [-0.25, -0.2) is 4.68 Å². The van der Waals surface area contributed by atoms with Crippen LogP contribution in [-0.4, -0.2) is 50.1 Å². The third kappa shape index (κ3) is 2.08. The maximum absolute atomic E-state index is 12.2. The van der Waals surface area contributed by atoms with E-state index in [2.05, 4.69) is 10.3 Å². The van der Waals surface area contributed by atoms with Gasteiger partial charge in [-0.05, 0) is 26.0 Å². The number of carbonyl (C=O) groups is 1. The van der Waals surface area contributed by atoms with E-state index in [0.29, 0.717) is 24.5 Å². The lowest BCUT2D eigenvalue weighted by molar-refractivity contribution is 0.00544. The molecule has 3 rings (SSSR count). The first-order valence-corrected chi connectivity index (χ1v) is 6.53. The van der Waals surface area contributed by atoms with Gasteiger partial charge in [-0.1, -0.05) is 22.9 Å². The predicted molar refractivity (Wildman–Crippen MR) is 72.7 cm³/mol. The zero-order chi connectivity index (χ0) is 14.3. The average Bonchev–Trinajstić information content (AvgIpc) is 2.77. The average molecular weight is 272 g/mol. The lowest BCUT2D eigenvalue weighted by atomic mass is 10.1. The SMILES string of the molecule is Cc1ccc(-n2nnc(C(=O)N3CC(O)C3)c2C)cc1. The topological polar surface area (TPSA) is 71.2 Å². The maximum atomic E-state index is 12.2. The van der Waals surface area contributed by atoms with Crippen molar-refractivity contribution in [3.63, 3.8) is 0 Å². The van der Waals surface area contributed by atoms with Gasteiger partial charge >= 0.3 is 0 Å². The Labute approximate surface area is 116 Å². The van der Waals surface area contributed by atoms with Crippen molar-refractivity contribution in [2.24, 2.45) is 0 Å². The highest BCUT2D eigenvalue weighted by Gasteiger charge is 2.32. The second-order valence-electron chi connectivity index (χ2n) is 5.13. The van der Waals surface area contributed by atoms with Gasteiger partial charge in [0.25, 0.3) is 5.91 Å². The molecule has 0 bridgehead atoms. The molecule has 1 N–H and O–H groups in total. The summed E-state index contributed by atoms with van der Waals surface area (Å²) in [6.07, 6.45) is -0.411. The molecule has 2 heterocycles. The Bertz CT molecular complexity index is 642. The molecule has 1 aliphatic rings. The van der Waals surface area contributed by atoms with Crippen LogP contribution >= 0.6 is 0 Å². The molecule has 0 atom stereocenters. The van der Waals surface area contributed by atoms with Gasteiger partial charge in [0.15, 0.2) is 5.69 Å². The van der Waals surface area contributed by atoms with Gasteiger partial charge in [0.05, 0.1) is 17.5 Å². The van der Waals surface area contributed by atoms with Gasteiger partial charge in [-0.3, -0.25) is 4.79 Å². The minimum absolute atomic E-state index is 0.175. The number of carbonyl (C=O) groups excluding carboxylic acids is 1. The third-order valence-corrected chi connectivity index (χ3v) is 3.53. The number of hydrogen-bond acceptors (Lipinski definition) is 4. The first-order valence-electron chi connectivity index (χ1n) is 6.53. The second kappa shape index (κ2) is 4.72. The molecule has 20 heavy (non-hydrogen) atoms. The van der Waals surface area contributed by atoms with E-state index in [1.54, 1.807) is 9.58 Å². The molecule has 104 valence electrons. The summed E-state index contributed by atoms with van der Waals surface area (Å²) < 4.78 is 1.66. The van der Waals surface area contributed by atoms with Gasteiger partial charge in [0, 0.05) is 13.1 Å². The van der Waals surface area contributed by atoms with E-state index >= 15 is 0 Å². The van der Waals surface area contributed by atoms with Gasteiger partial charge in [0.1, 0.15) is 0 Å². The number of aliphatic hydroxyl groups excluding tert-OH is 1. The summed E-state index contributed by atoms with van der Waals surface area (Å²) in [7, 11) is 0. The molecule has 6 nitrogen and oxygen atoms in total. The number of hydrogen-bond donors (Lipinski definition) is 1.